The van der Waals surface area contributed by atoms with Crippen LogP contribution in [0.1, 0.15) is 26.5 Å². The summed E-state index contributed by atoms with van der Waals surface area (Å²) in [5, 5.41) is 0. The fraction of sp³-hybridized carbons (Fsp3) is 0.500. The van der Waals surface area contributed by atoms with Gasteiger partial charge in [0.1, 0.15) is 6.33 Å². The highest BCUT2D eigenvalue weighted by atomic mass is 19.2. The average molecular weight is 172 g/mol. The zero-order valence-corrected chi connectivity index (χ0v) is 7.23. The van der Waals surface area contributed by atoms with Crippen LogP contribution in [0.25, 0.3) is 0 Å². The van der Waals surface area contributed by atoms with Crippen LogP contribution in [0.15, 0.2) is 6.33 Å². The Balaban J connectivity index is 3.26. The second-order valence-corrected chi connectivity index (χ2v) is 3.58. The molecule has 0 saturated carbocycles. The van der Waals surface area contributed by atoms with Crippen LogP contribution < -0.4 is 0 Å². The highest BCUT2D eigenvalue weighted by molar-refractivity contribution is 5.13. The number of aromatic nitrogens is 2. The van der Waals surface area contributed by atoms with Crippen LogP contribution in [-0.4, -0.2) is 9.97 Å². The van der Waals surface area contributed by atoms with Crippen molar-refractivity contribution >= 4 is 0 Å². The lowest BCUT2D eigenvalue weighted by Gasteiger charge is -2.17. The minimum Gasteiger partial charge on any atom is -0.238 e. The topological polar surface area (TPSA) is 25.8 Å². The van der Waals surface area contributed by atoms with Gasteiger partial charge in [-0.2, -0.15) is 8.78 Å². The molecule has 1 aromatic heterocycles. The molecule has 0 aliphatic heterocycles. The quantitative estimate of drug-likeness (QED) is 0.560. The maximum absolute atomic E-state index is 13.0. The zero-order valence-electron chi connectivity index (χ0n) is 7.23. The van der Waals surface area contributed by atoms with Crippen molar-refractivity contribution in [3.8, 4) is 0 Å². The van der Waals surface area contributed by atoms with Gasteiger partial charge in [0.25, 0.3) is 5.95 Å². The van der Waals surface area contributed by atoms with Gasteiger partial charge in [-0.3, -0.25) is 0 Å². The lowest BCUT2D eigenvalue weighted by molar-refractivity contribution is 0.429. The molecule has 12 heavy (non-hydrogen) atoms. The Morgan fingerprint density at radius 2 is 1.75 bits per heavy atom. The van der Waals surface area contributed by atoms with Crippen molar-refractivity contribution in [2.45, 2.75) is 26.2 Å². The molecule has 0 saturated heterocycles. The fourth-order valence-corrected chi connectivity index (χ4v) is 0.871. The Labute approximate surface area is 69.7 Å². The molecule has 0 amide bonds. The predicted octanol–water partition coefficient (Wildman–Crippen LogP) is 2.05. The van der Waals surface area contributed by atoms with E-state index in [0.717, 1.165) is 6.33 Å². The van der Waals surface area contributed by atoms with E-state index in [0.29, 0.717) is 0 Å². The van der Waals surface area contributed by atoms with Crippen molar-refractivity contribution in [2.24, 2.45) is 0 Å². The van der Waals surface area contributed by atoms with Gasteiger partial charge in [-0.25, -0.2) is 9.97 Å². The lowest BCUT2D eigenvalue weighted by Crippen LogP contribution is -2.17. The summed E-state index contributed by atoms with van der Waals surface area (Å²) >= 11 is 0. The molecule has 4 heteroatoms. The summed E-state index contributed by atoms with van der Waals surface area (Å²) in [4.78, 5) is 6.78. The molecule has 0 N–H and O–H groups in total. The minimum atomic E-state index is -1.09. The van der Waals surface area contributed by atoms with Gasteiger partial charge < -0.3 is 0 Å². The molecule has 0 aliphatic carbocycles. The first-order valence-electron chi connectivity index (χ1n) is 3.59. The summed E-state index contributed by atoms with van der Waals surface area (Å²) in [7, 11) is 0. The first-order chi connectivity index (χ1) is 5.43. The van der Waals surface area contributed by atoms with Crippen LogP contribution in [0, 0.1) is 11.8 Å². The molecule has 1 aromatic rings. The molecular formula is C8H10F2N2. The Morgan fingerprint density at radius 3 is 2.17 bits per heavy atom. The minimum absolute atomic E-state index is 0.106. The van der Waals surface area contributed by atoms with Crippen LogP contribution in [-0.2, 0) is 5.41 Å². The van der Waals surface area contributed by atoms with Crippen molar-refractivity contribution in [3.63, 3.8) is 0 Å². The van der Waals surface area contributed by atoms with Crippen LogP contribution in [0.2, 0.25) is 0 Å². The fourth-order valence-electron chi connectivity index (χ4n) is 0.871. The number of halogens is 2. The van der Waals surface area contributed by atoms with E-state index in [9.17, 15) is 8.78 Å². The summed E-state index contributed by atoms with van der Waals surface area (Å²) < 4.78 is 25.6. The third kappa shape index (κ3) is 1.57. The van der Waals surface area contributed by atoms with Gasteiger partial charge in [0.15, 0.2) is 5.82 Å². The average Bonchev–Trinajstić information content (AvgIpc) is 1.92. The van der Waals surface area contributed by atoms with E-state index < -0.39 is 17.2 Å². The third-order valence-electron chi connectivity index (χ3n) is 1.46. The van der Waals surface area contributed by atoms with Crippen molar-refractivity contribution < 1.29 is 8.78 Å². The van der Waals surface area contributed by atoms with Gasteiger partial charge in [0, 0.05) is 5.41 Å². The van der Waals surface area contributed by atoms with E-state index in [1.54, 1.807) is 20.8 Å². The monoisotopic (exact) mass is 172 g/mol. The molecule has 2 nitrogen and oxygen atoms in total. The highest BCUT2D eigenvalue weighted by Crippen LogP contribution is 2.22. The first kappa shape index (κ1) is 9.03. The van der Waals surface area contributed by atoms with Crippen LogP contribution in [0.3, 0.4) is 0 Å². The predicted molar refractivity (Wildman–Crippen MR) is 40.6 cm³/mol. The summed E-state index contributed by atoms with van der Waals surface area (Å²) in [5.41, 5.74) is -0.386. The number of rotatable bonds is 0. The van der Waals surface area contributed by atoms with Crippen molar-refractivity contribution in [2.75, 3.05) is 0 Å². The molecule has 0 atom stereocenters. The van der Waals surface area contributed by atoms with Gasteiger partial charge in [-0.05, 0) is 0 Å². The summed E-state index contributed by atoms with van der Waals surface area (Å²) in [5.74, 6) is -2.04. The smallest absolute Gasteiger partial charge is 0.238 e. The molecule has 0 aromatic carbocycles. The van der Waals surface area contributed by atoms with Crippen molar-refractivity contribution in [1.29, 1.82) is 0 Å². The van der Waals surface area contributed by atoms with E-state index in [1.807, 2.05) is 0 Å². The molecule has 1 rings (SSSR count). The maximum Gasteiger partial charge on any atom is 0.252 e. The Bertz CT molecular complexity index is 292. The van der Waals surface area contributed by atoms with Gasteiger partial charge in [-0.15, -0.1) is 0 Å². The van der Waals surface area contributed by atoms with E-state index in [4.69, 9.17) is 0 Å². The van der Waals surface area contributed by atoms with Crippen LogP contribution in [0.5, 0.6) is 0 Å². The Morgan fingerprint density at radius 1 is 1.17 bits per heavy atom. The number of hydrogen-bond donors (Lipinski definition) is 0. The Hall–Kier alpha value is -1.06. The second kappa shape index (κ2) is 2.77. The van der Waals surface area contributed by atoms with E-state index in [1.165, 1.54) is 0 Å². The number of nitrogens with zero attached hydrogens (tertiary/aromatic N) is 2. The SMILES string of the molecule is CC(C)(C)c1ncnc(F)c1F. The molecular weight excluding hydrogens is 162 g/mol. The molecule has 0 spiro atoms. The number of hydrogen-bond acceptors (Lipinski definition) is 2. The summed E-state index contributed by atoms with van der Waals surface area (Å²) in [6.45, 7) is 5.29. The molecule has 0 aliphatic rings. The van der Waals surface area contributed by atoms with Crippen molar-refractivity contribution in [1.82, 2.24) is 9.97 Å². The van der Waals surface area contributed by atoms with Crippen LogP contribution in [0.4, 0.5) is 8.78 Å². The zero-order chi connectivity index (χ0) is 9.35. The summed E-state index contributed by atoms with van der Waals surface area (Å²) in [6, 6.07) is 0. The molecule has 1 heterocycles. The first-order valence-corrected chi connectivity index (χ1v) is 3.59. The molecule has 0 radical (unpaired) electrons. The standard InChI is InChI=1S/C8H10F2N2/c1-8(2,3)6-5(9)7(10)12-4-11-6/h4H,1-3H3. The van der Waals surface area contributed by atoms with E-state index in [-0.39, 0.29) is 5.69 Å². The van der Waals surface area contributed by atoms with Gasteiger partial charge in [0.2, 0.25) is 0 Å². The van der Waals surface area contributed by atoms with Gasteiger partial charge in [0.05, 0.1) is 5.69 Å². The highest BCUT2D eigenvalue weighted by Gasteiger charge is 2.22. The molecule has 0 unspecified atom stereocenters. The second-order valence-electron chi connectivity index (χ2n) is 3.58. The van der Waals surface area contributed by atoms with Crippen molar-refractivity contribution in [3.05, 3.63) is 23.8 Å². The molecule has 0 fully saturated rings. The molecule has 66 valence electrons. The van der Waals surface area contributed by atoms with Gasteiger partial charge in [-0.1, -0.05) is 20.8 Å². The van der Waals surface area contributed by atoms with E-state index in [2.05, 4.69) is 9.97 Å². The lowest BCUT2D eigenvalue weighted by atomic mass is 9.92. The van der Waals surface area contributed by atoms with Gasteiger partial charge >= 0.3 is 0 Å². The summed E-state index contributed by atoms with van der Waals surface area (Å²) in [6.07, 6.45) is 1.03. The molecule has 0 bridgehead atoms. The maximum atomic E-state index is 13.0. The van der Waals surface area contributed by atoms with E-state index >= 15 is 0 Å². The van der Waals surface area contributed by atoms with Crippen LogP contribution >= 0.6 is 0 Å². The third-order valence-corrected chi connectivity index (χ3v) is 1.46. The largest absolute Gasteiger partial charge is 0.252 e. The Kier molecular flexibility index (Phi) is 2.08. The normalized spacial score (nSPS) is 11.8.